The van der Waals surface area contributed by atoms with Crippen LogP contribution >= 0.6 is 0 Å². The minimum atomic E-state index is -4.13. The topological polar surface area (TPSA) is 94.5 Å². The number of aryl methyl sites for hydroxylation is 2. The molecule has 0 saturated carbocycles. The third-order valence-electron chi connectivity index (χ3n) is 5.61. The molecule has 0 fully saturated rings. The number of anilines is 1. The highest BCUT2D eigenvalue weighted by atomic mass is 32.2. The Hall–Kier alpha value is -3.91. The van der Waals surface area contributed by atoms with Gasteiger partial charge < -0.3 is 14.6 Å². The zero-order valence-electron chi connectivity index (χ0n) is 19.0. The van der Waals surface area contributed by atoms with Crippen molar-refractivity contribution in [2.24, 2.45) is 0 Å². The number of nitrogens with one attached hydrogen (secondary N) is 1. The number of hydrogen-bond acceptors (Lipinski definition) is 5. The number of amides is 1. The van der Waals surface area contributed by atoms with Gasteiger partial charge in [-0.2, -0.15) is 0 Å². The van der Waals surface area contributed by atoms with Crippen molar-refractivity contribution in [3.05, 3.63) is 94.3 Å². The molecule has 1 N–H and O–H groups in total. The van der Waals surface area contributed by atoms with Gasteiger partial charge in [-0.1, -0.05) is 35.9 Å². The average Bonchev–Trinajstić information content (AvgIpc) is 2.82. The number of carbonyl (C=O) groups excluding carboxylic acids is 1. The molecule has 0 spiro atoms. The lowest BCUT2D eigenvalue weighted by atomic mass is 10.2. The number of nitrogens with zero attached hydrogens (tertiary/aromatic N) is 1. The largest absolute Gasteiger partial charge is 0.497 e. The van der Waals surface area contributed by atoms with Gasteiger partial charge in [0.1, 0.15) is 17.2 Å². The first kappa shape index (κ1) is 23.3. The van der Waals surface area contributed by atoms with Crippen LogP contribution in [0.15, 0.2) is 87.5 Å². The second kappa shape index (κ2) is 9.15. The SMILES string of the molecule is COc1ccc2c(c1)c(=O)c(S(=O)(=O)c1ccc(C)cc1)cn2CC(=O)Nc1ccccc1C. The molecule has 7 nitrogen and oxygen atoms in total. The molecular weight excluding hydrogens is 452 g/mol. The quantitative estimate of drug-likeness (QED) is 0.452. The molecule has 0 radical (unpaired) electrons. The third kappa shape index (κ3) is 4.45. The zero-order valence-corrected chi connectivity index (χ0v) is 19.8. The van der Waals surface area contributed by atoms with Crippen LogP contribution in [0.2, 0.25) is 0 Å². The molecule has 0 aliphatic carbocycles. The lowest BCUT2D eigenvalue weighted by Crippen LogP contribution is -2.24. The summed E-state index contributed by atoms with van der Waals surface area (Å²) in [4.78, 5) is 25.8. The van der Waals surface area contributed by atoms with E-state index in [2.05, 4.69) is 5.32 Å². The summed E-state index contributed by atoms with van der Waals surface area (Å²) in [5.74, 6) is 0.0548. The van der Waals surface area contributed by atoms with Crippen molar-refractivity contribution in [2.45, 2.75) is 30.2 Å². The Bertz CT molecular complexity index is 1550. The van der Waals surface area contributed by atoms with Gasteiger partial charge in [0, 0.05) is 11.9 Å². The fourth-order valence-corrected chi connectivity index (χ4v) is 5.07. The Labute approximate surface area is 197 Å². The summed E-state index contributed by atoms with van der Waals surface area (Å²) in [5.41, 5.74) is 2.23. The second-order valence-corrected chi connectivity index (χ2v) is 9.93. The van der Waals surface area contributed by atoms with Crippen molar-refractivity contribution in [3.63, 3.8) is 0 Å². The summed E-state index contributed by atoms with van der Waals surface area (Å²) in [6.07, 6.45) is 1.24. The maximum absolute atomic E-state index is 13.4. The van der Waals surface area contributed by atoms with Gasteiger partial charge in [-0.15, -0.1) is 0 Å². The Morgan fingerprint density at radius 3 is 2.38 bits per heavy atom. The number of benzene rings is 3. The van der Waals surface area contributed by atoms with E-state index in [1.165, 1.54) is 36.1 Å². The summed E-state index contributed by atoms with van der Waals surface area (Å²) in [5, 5.41) is 2.99. The van der Waals surface area contributed by atoms with Crippen molar-refractivity contribution < 1.29 is 17.9 Å². The van der Waals surface area contributed by atoms with Gasteiger partial charge in [0.05, 0.1) is 22.9 Å². The first-order valence-electron chi connectivity index (χ1n) is 10.6. The van der Waals surface area contributed by atoms with Gasteiger partial charge in [-0.05, 0) is 55.8 Å². The molecule has 0 unspecified atom stereocenters. The monoisotopic (exact) mass is 476 g/mol. The number of sulfone groups is 1. The minimum absolute atomic E-state index is 0.00774. The molecule has 174 valence electrons. The number of fused-ring (bicyclic) bond motifs is 1. The molecule has 0 aliphatic heterocycles. The molecule has 34 heavy (non-hydrogen) atoms. The van der Waals surface area contributed by atoms with E-state index in [0.29, 0.717) is 17.0 Å². The number of ether oxygens (including phenoxy) is 1. The predicted molar refractivity (Wildman–Crippen MR) is 131 cm³/mol. The van der Waals surface area contributed by atoms with E-state index in [1.807, 2.05) is 32.0 Å². The number of carbonyl (C=O) groups is 1. The summed E-state index contributed by atoms with van der Waals surface area (Å²) in [6, 6.07) is 18.4. The van der Waals surface area contributed by atoms with Crippen LogP contribution in [0.3, 0.4) is 0 Å². The van der Waals surface area contributed by atoms with Crippen molar-refractivity contribution in [3.8, 4) is 5.75 Å². The van der Waals surface area contributed by atoms with Crippen LogP contribution in [0.25, 0.3) is 10.9 Å². The van der Waals surface area contributed by atoms with Gasteiger partial charge in [-0.3, -0.25) is 9.59 Å². The highest BCUT2D eigenvalue weighted by molar-refractivity contribution is 7.91. The van der Waals surface area contributed by atoms with E-state index in [-0.39, 0.29) is 22.7 Å². The third-order valence-corrected chi connectivity index (χ3v) is 7.37. The number of aromatic nitrogens is 1. The maximum atomic E-state index is 13.4. The standard InChI is InChI=1S/C26H24N2O5S/c1-17-8-11-20(12-9-17)34(31,32)24-15-28(16-25(29)27-22-7-5-4-6-18(22)2)23-13-10-19(33-3)14-21(23)26(24)30/h4-15H,16H2,1-3H3,(H,27,29). The summed E-state index contributed by atoms with van der Waals surface area (Å²) in [7, 11) is -2.67. The fraction of sp³-hybridized carbons (Fsp3) is 0.154. The fourth-order valence-electron chi connectivity index (χ4n) is 3.70. The molecule has 1 amide bonds. The normalized spacial score (nSPS) is 11.4. The maximum Gasteiger partial charge on any atom is 0.244 e. The van der Waals surface area contributed by atoms with Crippen molar-refractivity contribution >= 4 is 32.3 Å². The molecule has 1 heterocycles. The summed E-state index contributed by atoms with van der Waals surface area (Å²) < 4.78 is 33.5. The molecule has 1 aromatic heterocycles. The molecule has 4 aromatic rings. The first-order chi connectivity index (χ1) is 16.2. The number of pyridine rings is 1. The van der Waals surface area contributed by atoms with E-state index in [4.69, 9.17) is 4.74 Å². The molecule has 3 aromatic carbocycles. The van der Waals surface area contributed by atoms with Crippen LogP contribution < -0.4 is 15.5 Å². The first-order valence-corrected chi connectivity index (χ1v) is 12.1. The number of para-hydroxylation sites is 1. The Morgan fingerprint density at radius 2 is 1.71 bits per heavy atom. The Morgan fingerprint density at radius 1 is 1.00 bits per heavy atom. The molecule has 0 aliphatic rings. The van der Waals surface area contributed by atoms with E-state index >= 15 is 0 Å². The van der Waals surface area contributed by atoms with Gasteiger partial charge in [-0.25, -0.2) is 8.42 Å². The van der Waals surface area contributed by atoms with E-state index in [1.54, 1.807) is 30.3 Å². The number of methoxy groups -OCH3 is 1. The Kier molecular flexibility index (Phi) is 6.26. The molecule has 0 saturated heterocycles. The van der Waals surface area contributed by atoms with Gasteiger partial charge in [0.25, 0.3) is 0 Å². The summed E-state index contributed by atoms with van der Waals surface area (Å²) >= 11 is 0. The molecular formula is C26H24N2O5S. The zero-order chi connectivity index (χ0) is 24.5. The highest BCUT2D eigenvalue weighted by Crippen LogP contribution is 2.24. The summed E-state index contributed by atoms with van der Waals surface area (Å²) in [6.45, 7) is 3.54. The lowest BCUT2D eigenvalue weighted by molar-refractivity contribution is -0.116. The van der Waals surface area contributed by atoms with Crippen LogP contribution in [0.4, 0.5) is 5.69 Å². The molecule has 0 bridgehead atoms. The van der Waals surface area contributed by atoms with Crippen LogP contribution in [-0.2, 0) is 21.2 Å². The minimum Gasteiger partial charge on any atom is -0.497 e. The van der Waals surface area contributed by atoms with E-state index in [9.17, 15) is 18.0 Å². The smallest absolute Gasteiger partial charge is 0.244 e. The van der Waals surface area contributed by atoms with Crippen molar-refractivity contribution in [2.75, 3.05) is 12.4 Å². The van der Waals surface area contributed by atoms with Crippen LogP contribution in [-0.4, -0.2) is 26.0 Å². The van der Waals surface area contributed by atoms with Crippen LogP contribution in [0.1, 0.15) is 11.1 Å². The van der Waals surface area contributed by atoms with Crippen LogP contribution in [0, 0.1) is 13.8 Å². The van der Waals surface area contributed by atoms with Gasteiger partial charge in [0.2, 0.25) is 21.2 Å². The van der Waals surface area contributed by atoms with E-state index in [0.717, 1.165) is 11.1 Å². The molecule has 0 atom stereocenters. The lowest BCUT2D eigenvalue weighted by Gasteiger charge is -2.15. The van der Waals surface area contributed by atoms with Gasteiger partial charge >= 0.3 is 0 Å². The van der Waals surface area contributed by atoms with Gasteiger partial charge in [0.15, 0.2) is 0 Å². The average molecular weight is 477 g/mol. The van der Waals surface area contributed by atoms with E-state index < -0.39 is 20.2 Å². The van der Waals surface area contributed by atoms with Crippen molar-refractivity contribution in [1.29, 1.82) is 0 Å². The molecule has 4 rings (SSSR count). The number of hydrogen-bond donors (Lipinski definition) is 1. The predicted octanol–water partition coefficient (Wildman–Crippen LogP) is 4.10. The highest BCUT2D eigenvalue weighted by Gasteiger charge is 2.24. The van der Waals surface area contributed by atoms with Crippen molar-refractivity contribution in [1.82, 2.24) is 4.57 Å². The second-order valence-electron chi connectivity index (χ2n) is 8.01. The van der Waals surface area contributed by atoms with Crippen LogP contribution in [0.5, 0.6) is 5.75 Å². The number of rotatable bonds is 6. The molecule has 8 heteroatoms. The Balaban J connectivity index is 1.85.